The minimum atomic E-state index is -0.411. The van der Waals surface area contributed by atoms with Gasteiger partial charge in [0.05, 0.1) is 18.9 Å². The van der Waals surface area contributed by atoms with Gasteiger partial charge in [-0.3, -0.25) is 0 Å². The normalized spacial score (nSPS) is 10.4. The van der Waals surface area contributed by atoms with Crippen LogP contribution < -0.4 is 4.74 Å². The van der Waals surface area contributed by atoms with Gasteiger partial charge in [0.15, 0.2) is 0 Å². The number of rotatable bonds is 4. The third-order valence-electron chi connectivity index (χ3n) is 2.54. The molecule has 2 aromatic rings. The van der Waals surface area contributed by atoms with E-state index < -0.39 is 5.97 Å². The summed E-state index contributed by atoms with van der Waals surface area (Å²) in [4.78, 5) is 11.8. The van der Waals surface area contributed by atoms with Gasteiger partial charge in [0, 0.05) is 0 Å². The van der Waals surface area contributed by atoms with E-state index >= 15 is 0 Å². The number of hydrogen-bond acceptors (Lipinski definition) is 3. The molecule has 19 heavy (non-hydrogen) atoms. The Bertz CT molecular complexity index is 574. The fraction of sp³-hybridized carbons (Fsp3) is 0.0625. The second kappa shape index (κ2) is 6.40. The lowest BCUT2D eigenvalue weighted by Crippen LogP contribution is -2.00. The highest BCUT2D eigenvalue weighted by molar-refractivity contribution is 5.90. The first-order valence-corrected chi connectivity index (χ1v) is 5.86. The predicted molar refractivity (Wildman–Crippen MR) is 73.9 cm³/mol. The van der Waals surface area contributed by atoms with Crippen molar-refractivity contribution in [1.82, 2.24) is 0 Å². The molecule has 3 heteroatoms. The minimum absolute atomic E-state index is 0.411. The van der Waals surface area contributed by atoms with E-state index in [4.69, 9.17) is 9.47 Å². The maximum Gasteiger partial charge on any atom is 0.343 e. The van der Waals surface area contributed by atoms with Crippen LogP contribution in [0, 0.1) is 0 Å². The number of carbonyl (C=O) groups is 1. The maximum atomic E-state index is 11.8. The molecular formula is C16H14O3. The van der Waals surface area contributed by atoms with Crippen LogP contribution in [0.1, 0.15) is 15.9 Å². The van der Waals surface area contributed by atoms with Crippen LogP contribution in [-0.2, 0) is 4.74 Å². The summed E-state index contributed by atoms with van der Waals surface area (Å²) in [6.45, 7) is 0. The van der Waals surface area contributed by atoms with Gasteiger partial charge in [0.25, 0.3) is 0 Å². The van der Waals surface area contributed by atoms with Crippen LogP contribution in [0.4, 0.5) is 0 Å². The van der Waals surface area contributed by atoms with Gasteiger partial charge in [0.1, 0.15) is 5.75 Å². The fourth-order valence-corrected chi connectivity index (χ4v) is 1.56. The Labute approximate surface area is 112 Å². The molecular weight excluding hydrogens is 240 g/mol. The first-order valence-electron chi connectivity index (χ1n) is 5.86. The highest BCUT2D eigenvalue weighted by Crippen LogP contribution is 2.13. The van der Waals surface area contributed by atoms with E-state index in [0.29, 0.717) is 11.3 Å². The van der Waals surface area contributed by atoms with Crippen molar-refractivity contribution in [2.75, 3.05) is 7.11 Å². The quantitative estimate of drug-likeness (QED) is 0.618. The van der Waals surface area contributed by atoms with Crippen molar-refractivity contribution in [2.45, 2.75) is 0 Å². The SMILES string of the molecule is COc1cccc(C(=O)O/C=C/c2ccccc2)c1. The topological polar surface area (TPSA) is 35.5 Å². The molecule has 0 unspecified atom stereocenters. The molecule has 0 aliphatic carbocycles. The fourth-order valence-electron chi connectivity index (χ4n) is 1.56. The van der Waals surface area contributed by atoms with Crippen molar-refractivity contribution in [3.63, 3.8) is 0 Å². The van der Waals surface area contributed by atoms with Crippen LogP contribution in [0.25, 0.3) is 6.08 Å². The average molecular weight is 254 g/mol. The molecule has 0 saturated heterocycles. The zero-order valence-electron chi connectivity index (χ0n) is 10.6. The third-order valence-corrected chi connectivity index (χ3v) is 2.54. The van der Waals surface area contributed by atoms with E-state index in [-0.39, 0.29) is 0 Å². The Kier molecular flexibility index (Phi) is 4.34. The second-order valence-corrected chi connectivity index (χ2v) is 3.85. The molecule has 0 spiro atoms. The zero-order valence-corrected chi connectivity index (χ0v) is 10.6. The summed E-state index contributed by atoms with van der Waals surface area (Å²) in [5, 5.41) is 0. The molecule has 2 rings (SSSR count). The van der Waals surface area contributed by atoms with Crippen molar-refractivity contribution in [3.05, 3.63) is 72.0 Å². The van der Waals surface area contributed by atoms with Gasteiger partial charge in [-0.2, -0.15) is 0 Å². The minimum Gasteiger partial charge on any atom is -0.497 e. The predicted octanol–water partition coefficient (Wildman–Crippen LogP) is 3.52. The Balaban J connectivity index is 1.99. The monoisotopic (exact) mass is 254 g/mol. The third kappa shape index (κ3) is 3.71. The number of ether oxygens (including phenoxy) is 2. The molecule has 0 bridgehead atoms. The molecule has 0 amide bonds. The molecule has 0 N–H and O–H groups in total. The molecule has 0 fully saturated rings. The van der Waals surface area contributed by atoms with Gasteiger partial charge in [-0.15, -0.1) is 0 Å². The smallest absolute Gasteiger partial charge is 0.343 e. The number of benzene rings is 2. The van der Waals surface area contributed by atoms with Gasteiger partial charge in [-0.25, -0.2) is 4.79 Å². The Morgan fingerprint density at radius 2 is 1.84 bits per heavy atom. The molecule has 0 atom stereocenters. The summed E-state index contributed by atoms with van der Waals surface area (Å²) in [5.74, 6) is 0.215. The van der Waals surface area contributed by atoms with Gasteiger partial charge >= 0.3 is 5.97 Å². The summed E-state index contributed by atoms with van der Waals surface area (Å²) in [6.07, 6.45) is 3.12. The van der Waals surface area contributed by atoms with Crippen LogP contribution in [-0.4, -0.2) is 13.1 Å². The van der Waals surface area contributed by atoms with E-state index in [1.165, 1.54) is 6.26 Å². The summed E-state index contributed by atoms with van der Waals surface area (Å²) in [5.41, 5.74) is 1.43. The Morgan fingerprint density at radius 1 is 1.05 bits per heavy atom. The van der Waals surface area contributed by atoms with Crippen molar-refractivity contribution >= 4 is 12.0 Å². The van der Waals surface area contributed by atoms with Crippen LogP contribution >= 0.6 is 0 Å². The molecule has 3 nitrogen and oxygen atoms in total. The zero-order chi connectivity index (χ0) is 13.5. The van der Waals surface area contributed by atoms with Gasteiger partial charge in [-0.05, 0) is 29.8 Å². The first-order chi connectivity index (χ1) is 9.29. The lowest BCUT2D eigenvalue weighted by molar-refractivity contribution is 0.0665. The summed E-state index contributed by atoms with van der Waals surface area (Å²) in [7, 11) is 1.56. The van der Waals surface area contributed by atoms with Gasteiger partial charge < -0.3 is 9.47 Å². The summed E-state index contributed by atoms with van der Waals surface area (Å²) >= 11 is 0. The first kappa shape index (κ1) is 12.9. The molecule has 0 radical (unpaired) electrons. The average Bonchev–Trinajstić information content (AvgIpc) is 2.48. The number of methoxy groups -OCH3 is 1. The number of carbonyl (C=O) groups excluding carboxylic acids is 1. The standard InChI is InChI=1S/C16H14O3/c1-18-15-9-5-8-14(12-15)16(17)19-11-10-13-6-3-2-4-7-13/h2-12H,1H3/b11-10+. The van der Waals surface area contributed by atoms with E-state index in [1.807, 2.05) is 30.3 Å². The van der Waals surface area contributed by atoms with Crippen LogP contribution in [0.2, 0.25) is 0 Å². The molecule has 0 aliphatic heterocycles. The van der Waals surface area contributed by atoms with E-state index in [2.05, 4.69) is 0 Å². The van der Waals surface area contributed by atoms with Gasteiger partial charge in [0.2, 0.25) is 0 Å². The lowest BCUT2D eigenvalue weighted by atomic mass is 10.2. The highest BCUT2D eigenvalue weighted by Gasteiger charge is 2.06. The number of esters is 1. The Hall–Kier alpha value is -2.55. The molecule has 0 saturated carbocycles. The molecule has 96 valence electrons. The largest absolute Gasteiger partial charge is 0.497 e. The van der Waals surface area contributed by atoms with Crippen LogP contribution in [0.3, 0.4) is 0 Å². The van der Waals surface area contributed by atoms with Gasteiger partial charge in [-0.1, -0.05) is 36.4 Å². The molecule has 0 heterocycles. The lowest BCUT2D eigenvalue weighted by Gasteiger charge is -2.02. The second-order valence-electron chi connectivity index (χ2n) is 3.85. The van der Waals surface area contributed by atoms with E-state index in [9.17, 15) is 4.79 Å². The molecule has 0 aromatic heterocycles. The summed E-state index contributed by atoms with van der Waals surface area (Å²) < 4.78 is 10.1. The Morgan fingerprint density at radius 3 is 2.58 bits per heavy atom. The van der Waals surface area contributed by atoms with Crippen LogP contribution in [0.5, 0.6) is 5.75 Å². The molecule has 2 aromatic carbocycles. The van der Waals surface area contributed by atoms with Crippen molar-refractivity contribution in [1.29, 1.82) is 0 Å². The summed E-state index contributed by atoms with van der Waals surface area (Å²) in [6, 6.07) is 16.5. The van der Waals surface area contributed by atoms with Crippen molar-refractivity contribution in [3.8, 4) is 5.75 Å². The van der Waals surface area contributed by atoms with Crippen molar-refractivity contribution < 1.29 is 14.3 Å². The van der Waals surface area contributed by atoms with Crippen LogP contribution in [0.15, 0.2) is 60.9 Å². The highest BCUT2D eigenvalue weighted by atomic mass is 16.5. The van der Waals surface area contributed by atoms with E-state index in [1.54, 1.807) is 37.5 Å². The maximum absolute atomic E-state index is 11.8. The van der Waals surface area contributed by atoms with E-state index in [0.717, 1.165) is 5.56 Å². The van der Waals surface area contributed by atoms with Crippen molar-refractivity contribution in [2.24, 2.45) is 0 Å². The molecule has 0 aliphatic rings. The number of hydrogen-bond donors (Lipinski definition) is 0.